The smallest absolute Gasteiger partial charge is 0.0331 e. The Morgan fingerprint density at radius 2 is 1.77 bits per heavy atom. The molecular weight excluding hydrogens is 532 g/mol. The molecule has 3 aromatic rings. The third kappa shape index (κ3) is 3.80. The van der Waals surface area contributed by atoms with Crippen molar-refractivity contribution in [3.63, 3.8) is 0 Å². The van der Waals surface area contributed by atoms with Crippen LogP contribution in [0.2, 0.25) is 0 Å². The maximum atomic E-state index is 6.08. The van der Waals surface area contributed by atoms with E-state index in [0.717, 1.165) is 30.2 Å². The molecule has 2 unspecified atom stereocenters. The molecule has 0 bridgehead atoms. The summed E-state index contributed by atoms with van der Waals surface area (Å²) in [5, 5.41) is 8.45. The van der Waals surface area contributed by atoms with Crippen LogP contribution in [0.3, 0.4) is 0 Å². The Bertz CT molecular complexity index is 2120. The molecule has 3 aromatic carbocycles. The van der Waals surface area contributed by atoms with Crippen LogP contribution in [0.5, 0.6) is 0 Å². The fourth-order valence-corrected chi connectivity index (χ4v) is 8.22. The minimum absolute atomic E-state index is 0.261. The van der Waals surface area contributed by atoms with Crippen LogP contribution in [-0.4, -0.2) is 6.54 Å². The highest BCUT2D eigenvalue weighted by Gasteiger charge is 2.38. The van der Waals surface area contributed by atoms with Gasteiger partial charge in [-0.2, -0.15) is 0 Å². The largest absolute Gasteiger partial charge is 0.404 e. The van der Waals surface area contributed by atoms with Gasteiger partial charge in [-0.15, -0.1) is 0 Å². The fraction of sp³-hybridized carbons (Fsp3) is 0.190. The van der Waals surface area contributed by atoms with Crippen LogP contribution >= 0.6 is 0 Å². The summed E-state index contributed by atoms with van der Waals surface area (Å²) in [7, 11) is 0. The van der Waals surface area contributed by atoms with E-state index in [2.05, 4.69) is 124 Å². The molecule has 4 aliphatic carbocycles. The maximum Gasteiger partial charge on any atom is 0.0331 e. The highest BCUT2D eigenvalue weighted by atomic mass is 14.8. The first-order valence-electron chi connectivity index (χ1n) is 15.9. The third-order valence-corrected chi connectivity index (χ3v) is 10.4. The third-order valence-electron chi connectivity index (χ3n) is 10.4. The number of fused-ring (bicyclic) bond motifs is 3. The van der Waals surface area contributed by atoms with Gasteiger partial charge in [0.25, 0.3) is 0 Å². The maximum absolute atomic E-state index is 6.08. The Labute approximate surface area is 260 Å². The van der Waals surface area contributed by atoms with Gasteiger partial charge in [-0.3, -0.25) is 0 Å². The zero-order valence-electron chi connectivity index (χ0n) is 25.8. The second-order valence-corrected chi connectivity index (χ2v) is 12.7. The van der Waals surface area contributed by atoms with Crippen LogP contribution in [0.15, 0.2) is 131 Å². The molecule has 0 aromatic heterocycles. The van der Waals surface area contributed by atoms with Crippen LogP contribution in [0.1, 0.15) is 43.7 Å². The van der Waals surface area contributed by atoms with Gasteiger partial charge in [-0.25, -0.2) is 0 Å². The Balaban J connectivity index is 1.30. The molecule has 1 aliphatic heterocycles. The Hall–Kier alpha value is -4.82. The van der Waals surface area contributed by atoms with Gasteiger partial charge in [-0.05, 0) is 151 Å². The van der Waals surface area contributed by atoms with E-state index in [1.54, 1.807) is 6.20 Å². The van der Waals surface area contributed by atoms with E-state index in [0.29, 0.717) is 5.92 Å². The number of hydrogen-bond acceptors (Lipinski definition) is 2. The average Bonchev–Trinajstić information content (AvgIpc) is 3.26. The molecule has 2 nitrogen and oxygen atoms in total. The number of nitrogens with one attached hydrogen (secondary N) is 1. The minimum atomic E-state index is 0.261. The van der Waals surface area contributed by atoms with Gasteiger partial charge in [0.2, 0.25) is 0 Å². The Kier molecular flexibility index (Phi) is 6.17. The van der Waals surface area contributed by atoms with E-state index in [-0.39, 0.29) is 5.92 Å². The number of benzene rings is 3. The molecule has 2 atom stereocenters. The van der Waals surface area contributed by atoms with Crippen molar-refractivity contribution in [1.29, 1.82) is 0 Å². The number of dihydropyridines is 1. The van der Waals surface area contributed by atoms with Crippen LogP contribution in [0, 0.1) is 12.8 Å². The van der Waals surface area contributed by atoms with E-state index >= 15 is 0 Å². The first-order chi connectivity index (χ1) is 21.5. The summed E-state index contributed by atoms with van der Waals surface area (Å²) in [6.07, 6.45) is 24.6. The molecule has 3 N–H and O–H groups in total. The summed E-state index contributed by atoms with van der Waals surface area (Å²) >= 11 is 0. The first-order valence-corrected chi connectivity index (χ1v) is 15.9. The molecule has 1 heterocycles. The average molecular weight is 571 g/mol. The lowest BCUT2D eigenvalue weighted by atomic mass is 9.75. The molecule has 0 fully saturated rings. The zero-order valence-corrected chi connectivity index (χ0v) is 25.8. The molecule has 0 saturated heterocycles. The summed E-state index contributed by atoms with van der Waals surface area (Å²) in [5.41, 5.74) is 23.1. The monoisotopic (exact) mass is 570 g/mol. The van der Waals surface area contributed by atoms with Crippen molar-refractivity contribution in [1.82, 2.24) is 5.32 Å². The number of aryl methyl sites for hydroxylation is 1. The van der Waals surface area contributed by atoms with Crippen molar-refractivity contribution >= 4 is 23.0 Å². The lowest BCUT2D eigenvalue weighted by Gasteiger charge is -2.28. The lowest BCUT2D eigenvalue weighted by Crippen LogP contribution is -2.25. The van der Waals surface area contributed by atoms with Gasteiger partial charge in [-0.1, -0.05) is 73.4 Å². The van der Waals surface area contributed by atoms with E-state index in [9.17, 15) is 0 Å². The van der Waals surface area contributed by atoms with E-state index in [1.807, 2.05) is 0 Å². The van der Waals surface area contributed by atoms with Crippen molar-refractivity contribution < 1.29 is 0 Å². The lowest BCUT2D eigenvalue weighted by molar-refractivity contribution is 0.526. The van der Waals surface area contributed by atoms with Crippen molar-refractivity contribution in [3.8, 4) is 22.3 Å². The van der Waals surface area contributed by atoms with Crippen LogP contribution in [0.25, 0.3) is 45.3 Å². The predicted molar refractivity (Wildman–Crippen MR) is 187 cm³/mol. The normalized spacial score (nSPS) is 23.4. The highest BCUT2D eigenvalue weighted by molar-refractivity contribution is 6.17. The van der Waals surface area contributed by atoms with Crippen LogP contribution < -0.4 is 21.5 Å². The molecule has 0 amide bonds. The van der Waals surface area contributed by atoms with Gasteiger partial charge < -0.3 is 11.1 Å². The van der Waals surface area contributed by atoms with Crippen molar-refractivity contribution in [2.45, 2.75) is 39.5 Å². The van der Waals surface area contributed by atoms with Crippen LogP contribution in [0.4, 0.5) is 0 Å². The second-order valence-electron chi connectivity index (χ2n) is 12.7. The molecular formula is C42H38N2. The minimum Gasteiger partial charge on any atom is -0.404 e. The summed E-state index contributed by atoms with van der Waals surface area (Å²) in [6, 6.07) is 14.0. The highest BCUT2D eigenvalue weighted by Crippen LogP contribution is 2.55. The van der Waals surface area contributed by atoms with Gasteiger partial charge >= 0.3 is 0 Å². The SMILES string of the molecule is C=C1C2=C3C(=CC=CC(c4ccc5c6c(ccc(C)c46)-c4cc(=C/N)/c(=C\C)cc4-5)C3CCC=C2)/C1=C/C1=CNCC=C1C. The standard InChI is InChI=1S/C42H38N2/c1-5-27-19-38-36-16-15-34(40-25(3)13-14-35(42(36)40)39(38)20-28(27)22-43)31-11-8-12-33-37(21-29-23-44-18-17-24(29)2)26(4)30-9-6-7-10-32(31)41(30)33/h5-6,8-9,11-17,19-23,31-32,44H,4,7,10,18,43H2,1-3H3/b27-5-,28-22-,37-21+. The number of allylic oxidation sites excluding steroid dienone is 13. The van der Waals surface area contributed by atoms with Crippen LogP contribution in [-0.2, 0) is 0 Å². The van der Waals surface area contributed by atoms with Gasteiger partial charge in [0.15, 0.2) is 0 Å². The van der Waals surface area contributed by atoms with Crippen molar-refractivity contribution in [3.05, 3.63) is 152 Å². The van der Waals surface area contributed by atoms with Crippen molar-refractivity contribution in [2.75, 3.05) is 6.54 Å². The van der Waals surface area contributed by atoms with Crippen molar-refractivity contribution in [2.24, 2.45) is 11.7 Å². The predicted octanol–water partition coefficient (Wildman–Crippen LogP) is 8.06. The number of rotatable bonds is 2. The molecule has 0 radical (unpaired) electrons. The summed E-state index contributed by atoms with van der Waals surface area (Å²) < 4.78 is 0. The fourth-order valence-electron chi connectivity index (χ4n) is 8.22. The van der Waals surface area contributed by atoms with E-state index < -0.39 is 0 Å². The topological polar surface area (TPSA) is 38.0 Å². The van der Waals surface area contributed by atoms with Gasteiger partial charge in [0.05, 0.1) is 0 Å². The van der Waals surface area contributed by atoms with Gasteiger partial charge in [0.1, 0.15) is 0 Å². The summed E-state index contributed by atoms with van der Waals surface area (Å²) in [5.74, 6) is 0.625. The molecule has 216 valence electrons. The molecule has 5 aliphatic rings. The van der Waals surface area contributed by atoms with E-state index in [1.165, 1.54) is 82.8 Å². The van der Waals surface area contributed by atoms with E-state index in [4.69, 9.17) is 5.73 Å². The molecule has 0 spiro atoms. The molecule has 44 heavy (non-hydrogen) atoms. The quantitative estimate of drug-likeness (QED) is 0.256. The summed E-state index contributed by atoms with van der Waals surface area (Å²) in [6.45, 7) is 12.1. The Morgan fingerprint density at radius 1 is 0.977 bits per heavy atom. The molecule has 8 rings (SSSR count). The van der Waals surface area contributed by atoms with Gasteiger partial charge in [0, 0.05) is 24.9 Å². The number of hydrogen-bond donors (Lipinski definition) is 2. The second kappa shape index (κ2) is 10.1. The number of nitrogens with two attached hydrogens (primary N) is 1. The first kappa shape index (κ1) is 26.8. The molecule has 2 heteroatoms. The zero-order chi connectivity index (χ0) is 30.1. The molecule has 0 saturated carbocycles. The summed E-state index contributed by atoms with van der Waals surface area (Å²) in [4.78, 5) is 0. The Morgan fingerprint density at radius 3 is 2.55 bits per heavy atom.